The zero-order valence-electron chi connectivity index (χ0n) is 15.0. The van der Waals surface area contributed by atoms with Crippen molar-refractivity contribution >= 4 is 17.1 Å². The van der Waals surface area contributed by atoms with E-state index in [2.05, 4.69) is 29.3 Å². The summed E-state index contributed by atoms with van der Waals surface area (Å²) in [5.74, 6) is 0. The summed E-state index contributed by atoms with van der Waals surface area (Å²) in [5.41, 5.74) is 12.0. The molecule has 25 heavy (non-hydrogen) atoms. The molecular weight excluding hydrogens is 310 g/mol. The van der Waals surface area contributed by atoms with Gasteiger partial charge in [-0.25, -0.2) is 0 Å². The van der Waals surface area contributed by atoms with Crippen LogP contribution in [0.1, 0.15) is 51.4 Å². The summed E-state index contributed by atoms with van der Waals surface area (Å²) in [4.78, 5) is 14.7. The molecule has 2 atom stereocenters. The molecule has 5 heterocycles. The zero-order valence-corrected chi connectivity index (χ0v) is 15.0. The summed E-state index contributed by atoms with van der Waals surface area (Å²) >= 11 is 0. The lowest BCUT2D eigenvalue weighted by atomic mass is 10.0. The van der Waals surface area contributed by atoms with Crippen LogP contribution >= 0.6 is 0 Å². The van der Waals surface area contributed by atoms with Crippen molar-refractivity contribution in [1.82, 2.24) is 5.32 Å². The lowest BCUT2D eigenvalue weighted by Crippen LogP contribution is -2.17. The van der Waals surface area contributed by atoms with E-state index in [0.29, 0.717) is 12.1 Å². The smallest absolute Gasteiger partial charge is 0.0730 e. The van der Waals surface area contributed by atoms with E-state index in [1.165, 1.54) is 41.3 Å². The summed E-state index contributed by atoms with van der Waals surface area (Å²) in [7, 11) is 1.50. The summed E-state index contributed by atoms with van der Waals surface area (Å²) in [5, 5.41) is 3.57. The van der Waals surface area contributed by atoms with Crippen LogP contribution < -0.4 is 11.1 Å². The molecule has 5 heteroatoms. The van der Waals surface area contributed by atoms with Crippen molar-refractivity contribution in [3.63, 3.8) is 0 Å². The molecule has 0 radical (unpaired) electrons. The van der Waals surface area contributed by atoms with Crippen LogP contribution in [0.2, 0.25) is 0 Å². The number of hydrogen-bond donors (Lipinski definition) is 2. The van der Waals surface area contributed by atoms with Gasteiger partial charge in [0, 0.05) is 34.2 Å². The van der Waals surface area contributed by atoms with Gasteiger partial charge in [0.15, 0.2) is 0 Å². The van der Waals surface area contributed by atoms with Crippen molar-refractivity contribution in [3.05, 3.63) is 35.3 Å². The highest BCUT2D eigenvalue weighted by Crippen LogP contribution is 2.30. The number of hydrogen-bond acceptors (Lipinski definition) is 5. The Kier molecular flexibility index (Phi) is 4.66. The second kappa shape index (κ2) is 7.08. The van der Waals surface area contributed by atoms with E-state index in [1.54, 1.807) is 0 Å². The Morgan fingerprint density at radius 1 is 0.760 bits per heavy atom. The molecular formula is C20H27N5. The molecule has 0 aromatic heterocycles. The first-order chi connectivity index (χ1) is 12.3. The van der Waals surface area contributed by atoms with E-state index in [4.69, 9.17) is 15.0 Å². The molecule has 0 spiro atoms. The SMILES string of the molecule is C1=C2CCC(=CC3=NC(CC3)C3CCC(=N3)/C=C3/CCC1=N3)N2.CN. The maximum absolute atomic E-state index is 4.97. The van der Waals surface area contributed by atoms with Crippen molar-refractivity contribution in [3.8, 4) is 0 Å². The minimum atomic E-state index is 0.387. The van der Waals surface area contributed by atoms with Crippen molar-refractivity contribution < 1.29 is 0 Å². The molecule has 1 fully saturated rings. The van der Waals surface area contributed by atoms with Crippen LogP contribution in [0.25, 0.3) is 0 Å². The fourth-order valence-electron chi connectivity index (χ4n) is 4.22. The Morgan fingerprint density at radius 2 is 1.36 bits per heavy atom. The van der Waals surface area contributed by atoms with Crippen molar-refractivity contribution in [2.75, 3.05) is 7.05 Å². The van der Waals surface area contributed by atoms with Crippen molar-refractivity contribution in [1.29, 1.82) is 0 Å². The largest absolute Gasteiger partial charge is 0.362 e. The van der Waals surface area contributed by atoms with Crippen LogP contribution in [-0.2, 0) is 0 Å². The predicted molar refractivity (Wildman–Crippen MR) is 104 cm³/mol. The molecule has 5 aliphatic rings. The van der Waals surface area contributed by atoms with Gasteiger partial charge in [0.2, 0.25) is 0 Å². The second-order valence-electron chi connectivity index (χ2n) is 7.16. The third-order valence-corrected chi connectivity index (χ3v) is 5.42. The number of nitrogens with one attached hydrogen (secondary N) is 1. The number of aliphatic imine (C=N–C) groups is 3. The van der Waals surface area contributed by atoms with Crippen LogP contribution in [0, 0.1) is 0 Å². The quantitative estimate of drug-likeness (QED) is 0.713. The summed E-state index contributed by atoms with van der Waals surface area (Å²) < 4.78 is 0. The van der Waals surface area contributed by atoms with Gasteiger partial charge in [0.25, 0.3) is 0 Å². The first-order valence-corrected chi connectivity index (χ1v) is 9.49. The monoisotopic (exact) mass is 337 g/mol. The molecule has 8 bridgehead atoms. The van der Waals surface area contributed by atoms with E-state index < -0.39 is 0 Å². The average Bonchev–Trinajstić information content (AvgIpc) is 3.39. The van der Waals surface area contributed by atoms with Gasteiger partial charge in [-0.1, -0.05) is 0 Å². The van der Waals surface area contributed by atoms with Crippen molar-refractivity contribution in [2.45, 2.75) is 63.5 Å². The van der Waals surface area contributed by atoms with E-state index in [1.807, 2.05) is 0 Å². The molecule has 0 saturated carbocycles. The number of fused-ring (bicyclic) bond motifs is 6. The fraction of sp³-hybridized carbons (Fsp3) is 0.550. The number of nitrogens with two attached hydrogens (primary N) is 1. The Balaban J connectivity index is 0.000000758. The highest BCUT2D eigenvalue weighted by atomic mass is 15.0. The standard InChI is InChI=1S/C19H22N4.CH5N/c1-3-14-10-16-5-7-18(22-16)19-8-6-17(23-19)11-15-4-2-13(21-15)9-12(1)20-14;1-2/h9-11,18-20H,1-8H2;2H2,1H3/b12-9?,14-10?,15-11-;. The summed E-state index contributed by atoms with van der Waals surface area (Å²) in [6, 6.07) is 0.778. The maximum atomic E-state index is 4.97. The van der Waals surface area contributed by atoms with Gasteiger partial charge in [0.05, 0.1) is 12.1 Å². The zero-order chi connectivity index (χ0) is 17.2. The first kappa shape index (κ1) is 16.5. The molecule has 132 valence electrons. The van der Waals surface area contributed by atoms with Crippen LogP contribution in [-0.4, -0.2) is 36.3 Å². The number of allylic oxidation sites excluding steroid dienone is 6. The fourth-order valence-corrected chi connectivity index (χ4v) is 4.22. The van der Waals surface area contributed by atoms with Crippen LogP contribution in [0.4, 0.5) is 0 Å². The lowest BCUT2D eigenvalue weighted by Gasteiger charge is -2.11. The summed E-state index contributed by atoms with van der Waals surface area (Å²) in [6.07, 6.45) is 15.6. The van der Waals surface area contributed by atoms with Gasteiger partial charge < -0.3 is 11.1 Å². The number of nitrogens with zero attached hydrogens (tertiary/aromatic N) is 3. The van der Waals surface area contributed by atoms with E-state index in [0.717, 1.165) is 51.4 Å². The van der Waals surface area contributed by atoms with Gasteiger partial charge in [-0.05, 0) is 76.6 Å². The van der Waals surface area contributed by atoms with E-state index in [9.17, 15) is 0 Å². The molecule has 2 unspecified atom stereocenters. The number of rotatable bonds is 0. The summed E-state index contributed by atoms with van der Waals surface area (Å²) in [6.45, 7) is 0. The molecule has 3 N–H and O–H groups in total. The molecule has 0 aliphatic carbocycles. The molecule has 5 nitrogen and oxygen atoms in total. The average molecular weight is 337 g/mol. The van der Waals surface area contributed by atoms with Gasteiger partial charge >= 0.3 is 0 Å². The Bertz CT molecular complexity index is 735. The first-order valence-electron chi connectivity index (χ1n) is 9.49. The molecule has 5 rings (SSSR count). The third-order valence-electron chi connectivity index (χ3n) is 5.42. The van der Waals surface area contributed by atoms with Crippen LogP contribution in [0.3, 0.4) is 0 Å². The lowest BCUT2D eigenvalue weighted by molar-refractivity contribution is 0.527. The van der Waals surface area contributed by atoms with Gasteiger partial charge in [-0.2, -0.15) is 0 Å². The Morgan fingerprint density at radius 3 is 2.04 bits per heavy atom. The molecule has 0 aromatic rings. The maximum Gasteiger partial charge on any atom is 0.0730 e. The third kappa shape index (κ3) is 3.52. The minimum absolute atomic E-state index is 0.387. The molecule has 0 amide bonds. The molecule has 0 aromatic carbocycles. The van der Waals surface area contributed by atoms with E-state index >= 15 is 0 Å². The molecule has 1 saturated heterocycles. The Labute approximate surface area is 149 Å². The van der Waals surface area contributed by atoms with Gasteiger partial charge in [-0.3, -0.25) is 15.0 Å². The highest BCUT2D eigenvalue weighted by molar-refractivity contribution is 6.01. The predicted octanol–water partition coefficient (Wildman–Crippen LogP) is 3.05. The van der Waals surface area contributed by atoms with E-state index in [-0.39, 0.29) is 0 Å². The van der Waals surface area contributed by atoms with Gasteiger partial charge in [-0.15, -0.1) is 0 Å². The second-order valence-corrected chi connectivity index (χ2v) is 7.16. The molecule has 5 aliphatic heterocycles. The topological polar surface area (TPSA) is 75.1 Å². The Hall–Kier alpha value is -2.01. The van der Waals surface area contributed by atoms with Crippen molar-refractivity contribution in [2.24, 2.45) is 20.7 Å². The highest BCUT2D eigenvalue weighted by Gasteiger charge is 2.29. The van der Waals surface area contributed by atoms with Gasteiger partial charge in [0.1, 0.15) is 0 Å². The van der Waals surface area contributed by atoms with Crippen LogP contribution in [0.15, 0.2) is 50.3 Å². The normalized spacial score (nSPS) is 31.8. The minimum Gasteiger partial charge on any atom is -0.362 e. The van der Waals surface area contributed by atoms with Crippen LogP contribution in [0.5, 0.6) is 0 Å².